The molecule has 1 aromatic carbocycles. The van der Waals surface area contributed by atoms with E-state index >= 15 is 0 Å². The topological polar surface area (TPSA) is 9.23 Å². The third-order valence-electron chi connectivity index (χ3n) is 4.33. The monoisotopic (exact) mass is 300 g/mol. The number of hydrogen-bond acceptors (Lipinski definition) is 2. The quantitative estimate of drug-likeness (QED) is 0.621. The maximum atomic E-state index is 5.34. The van der Waals surface area contributed by atoms with Crippen LogP contribution in [0.5, 0.6) is 5.75 Å². The second kappa shape index (κ2) is 7.13. The number of benzene rings is 1. The Morgan fingerprint density at radius 1 is 0.952 bits per heavy atom. The molecule has 1 nitrogen and oxygen atoms in total. The molecule has 0 radical (unpaired) electrons. The van der Waals surface area contributed by atoms with Crippen molar-refractivity contribution in [2.75, 3.05) is 7.11 Å². The van der Waals surface area contributed by atoms with E-state index in [2.05, 4.69) is 30.3 Å². The second-order valence-corrected chi connectivity index (χ2v) is 6.99. The molecule has 21 heavy (non-hydrogen) atoms. The van der Waals surface area contributed by atoms with Crippen LogP contribution in [0.15, 0.2) is 30.3 Å². The van der Waals surface area contributed by atoms with Gasteiger partial charge in [0.15, 0.2) is 0 Å². The number of fused-ring (bicyclic) bond motifs is 1. The Labute approximate surface area is 131 Å². The molecule has 2 aromatic rings. The van der Waals surface area contributed by atoms with Crippen LogP contribution in [0.25, 0.3) is 15.7 Å². The molecule has 2 heteroatoms. The van der Waals surface area contributed by atoms with Crippen LogP contribution in [0.1, 0.15) is 56.2 Å². The zero-order valence-electron chi connectivity index (χ0n) is 12.9. The summed E-state index contributed by atoms with van der Waals surface area (Å²) in [5.74, 6) is 0.954. The first-order valence-electron chi connectivity index (χ1n) is 8.14. The highest BCUT2D eigenvalue weighted by molar-refractivity contribution is 7.20. The lowest BCUT2D eigenvalue weighted by Gasteiger charge is -2.08. The Morgan fingerprint density at radius 3 is 2.62 bits per heavy atom. The molecule has 1 aromatic heterocycles. The minimum atomic E-state index is 0.954. The summed E-state index contributed by atoms with van der Waals surface area (Å²) in [7, 11) is 1.74. The standard InChI is InChI=1S/C19H24OS/c1-20-17-12-11-16-13-18(21-19(16)14-17)15-9-7-5-3-2-4-6-8-10-15/h9,11-14H,2-8,10H2,1H3/b15-9+. The normalized spacial score (nSPS) is 20.0. The van der Waals surface area contributed by atoms with Crippen molar-refractivity contribution in [2.45, 2.75) is 51.4 Å². The van der Waals surface area contributed by atoms with Gasteiger partial charge in [0.2, 0.25) is 0 Å². The van der Waals surface area contributed by atoms with Crippen molar-refractivity contribution in [1.82, 2.24) is 0 Å². The number of methoxy groups -OCH3 is 1. The molecule has 112 valence electrons. The Morgan fingerprint density at radius 2 is 1.76 bits per heavy atom. The summed E-state index contributed by atoms with van der Waals surface area (Å²) in [6, 6.07) is 8.75. The molecule has 0 atom stereocenters. The lowest BCUT2D eigenvalue weighted by molar-refractivity contribution is 0.415. The average molecular weight is 300 g/mol. The van der Waals surface area contributed by atoms with Crippen molar-refractivity contribution in [1.29, 1.82) is 0 Å². The Hall–Kier alpha value is -1.28. The minimum absolute atomic E-state index is 0.954. The van der Waals surface area contributed by atoms with E-state index in [0.717, 1.165) is 5.75 Å². The van der Waals surface area contributed by atoms with Crippen LogP contribution in [-0.4, -0.2) is 7.11 Å². The third kappa shape index (κ3) is 3.68. The van der Waals surface area contributed by atoms with Gasteiger partial charge in [-0.3, -0.25) is 0 Å². The van der Waals surface area contributed by atoms with Crippen LogP contribution < -0.4 is 4.74 Å². The van der Waals surface area contributed by atoms with Gasteiger partial charge in [-0.1, -0.05) is 31.8 Å². The molecule has 0 spiro atoms. The molecular weight excluding hydrogens is 276 g/mol. The van der Waals surface area contributed by atoms with Crippen molar-refractivity contribution in [2.24, 2.45) is 0 Å². The number of ether oxygens (including phenoxy) is 1. The lowest BCUT2D eigenvalue weighted by atomic mass is 9.99. The fourth-order valence-electron chi connectivity index (χ4n) is 3.07. The molecule has 0 N–H and O–H groups in total. The second-order valence-electron chi connectivity index (χ2n) is 5.90. The fourth-order valence-corrected chi connectivity index (χ4v) is 4.22. The molecule has 0 amide bonds. The summed E-state index contributed by atoms with van der Waals surface area (Å²) in [4.78, 5) is 1.46. The van der Waals surface area contributed by atoms with Gasteiger partial charge in [0.05, 0.1) is 7.11 Å². The summed E-state index contributed by atoms with van der Waals surface area (Å²) in [6.45, 7) is 0. The van der Waals surface area contributed by atoms with E-state index in [0.29, 0.717) is 0 Å². The molecule has 0 bridgehead atoms. The highest BCUT2D eigenvalue weighted by Gasteiger charge is 2.09. The Bertz CT molecular complexity index is 624. The molecule has 0 fully saturated rings. The van der Waals surface area contributed by atoms with Gasteiger partial charge < -0.3 is 4.74 Å². The van der Waals surface area contributed by atoms with Gasteiger partial charge in [-0.15, -0.1) is 11.3 Å². The summed E-state index contributed by atoms with van der Waals surface area (Å²) in [6.07, 6.45) is 13.3. The largest absolute Gasteiger partial charge is 0.497 e. The SMILES string of the molecule is COc1ccc2cc(/C3=C/CCCCCCCC3)sc2c1. The molecule has 3 rings (SSSR count). The van der Waals surface area contributed by atoms with E-state index in [1.807, 2.05) is 11.3 Å². The van der Waals surface area contributed by atoms with E-state index in [4.69, 9.17) is 4.74 Å². The smallest absolute Gasteiger partial charge is 0.120 e. The molecule has 0 unspecified atom stereocenters. The Kier molecular flexibility index (Phi) is 4.97. The van der Waals surface area contributed by atoms with Gasteiger partial charge in [-0.2, -0.15) is 0 Å². The summed E-state index contributed by atoms with van der Waals surface area (Å²) >= 11 is 1.91. The first-order chi connectivity index (χ1) is 10.4. The average Bonchev–Trinajstić information content (AvgIpc) is 2.95. The van der Waals surface area contributed by atoms with Gasteiger partial charge >= 0.3 is 0 Å². The first-order valence-corrected chi connectivity index (χ1v) is 8.95. The zero-order valence-corrected chi connectivity index (χ0v) is 13.7. The highest BCUT2D eigenvalue weighted by Crippen LogP contribution is 2.35. The number of rotatable bonds is 2. The van der Waals surface area contributed by atoms with Crippen molar-refractivity contribution < 1.29 is 4.74 Å². The lowest BCUT2D eigenvalue weighted by Crippen LogP contribution is -1.87. The van der Waals surface area contributed by atoms with Crippen molar-refractivity contribution >= 4 is 27.0 Å². The molecule has 1 heterocycles. The molecule has 0 saturated heterocycles. The van der Waals surface area contributed by atoms with Crippen molar-refractivity contribution in [3.05, 3.63) is 35.2 Å². The van der Waals surface area contributed by atoms with E-state index < -0.39 is 0 Å². The number of allylic oxidation sites excluding steroid dienone is 2. The maximum absolute atomic E-state index is 5.34. The summed E-state index contributed by atoms with van der Waals surface area (Å²) in [5.41, 5.74) is 1.57. The molecular formula is C19H24OS. The van der Waals surface area contributed by atoms with E-state index in [-0.39, 0.29) is 0 Å². The van der Waals surface area contributed by atoms with Crippen LogP contribution in [0.3, 0.4) is 0 Å². The van der Waals surface area contributed by atoms with Gasteiger partial charge in [0.25, 0.3) is 0 Å². The Balaban J connectivity index is 1.87. The number of thiophene rings is 1. The van der Waals surface area contributed by atoms with Crippen molar-refractivity contribution in [3.8, 4) is 5.75 Å². The predicted octanol–water partition coefficient (Wildman–Crippen LogP) is 6.43. The molecule has 0 aliphatic heterocycles. The molecule has 0 saturated carbocycles. The van der Waals surface area contributed by atoms with Crippen LogP contribution in [0.4, 0.5) is 0 Å². The van der Waals surface area contributed by atoms with Crippen LogP contribution >= 0.6 is 11.3 Å². The van der Waals surface area contributed by atoms with Crippen LogP contribution in [-0.2, 0) is 0 Å². The van der Waals surface area contributed by atoms with Gasteiger partial charge in [-0.25, -0.2) is 0 Å². The first kappa shape index (κ1) is 14.6. The van der Waals surface area contributed by atoms with Crippen LogP contribution in [0.2, 0.25) is 0 Å². The van der Waals surface area contributed by atoms with Gasteiger partial charge in [0.1, 0.15) is 5.75 Å². The minimum Gasteiger partial charge on any atom is -0.497 e. The van der Waals surface area contributed by atoms with Crippen molar-refractivity contribution in [3.63, 3.8) is 0 Å². The predicted molar refractivity (Wildman–Crippen MR) is 93.3 cm³/mol. The fraction of sp³-hybridized carbons (Fsp3) is 0.474. The third-order valence-corrected chi connectivity index (χ3v) is 5.51. The zero-order chi connectivity index (χ0) is 14.5. The number of hydrogen-bond donors (Lipinski definition) is 0. The molecule has 1 aliphatic rings. The molecule has 1 aliphatic carbocycles. The highest BCUT2D eigenvalue weighted by atomic mass is 32.1. The maximum Gasteiger partial charge on any atom is 0.120 e. The van der Waals surface area contributed by atoms with Gasteiger partial charge in [-0.05, 0) is 60.9 Å². The van der Waals surface area contributed by atoms with E-state index in [1.54, 1.807) is 12.7 Å². The van der Waals surface area contributed by atoms with E-state index in [1.165, 1.54) is 66.3 Å². The summed E-state index contributed by atoms with van der Waals surface area (Å²) < 4.78 is 6.67. The van der Waals surface area contributed by atoms with E-state index in [9.17, 15) is 0 Å². The summed E-state index contributed by atoms with van der Waals surface area (Å²) in [5, 5.41) is 1.34. The van der Waals surface area contributed by atoms with Crippen LogP contribution in [0, 0.1) is 0 Å². The van der Waals surface area contributed by atoms with Gasteiger partial charge in [0, 0.05) is 9.58 Å².